The number of benzene rings is 1. The lowest BCUT2D eigenvalue weighted by atomic mass is 9.99. The molecule has 2 unspecified atom stereocenters. The van der Waals surface area contributed by atoms with E-state index in [0.717, 1.165) is 4.68 Å². The van der Waals surface area contributed by atoms with Crippen molar-refractivity contribution >= 4 is 11.8 Å². The highest BCUT2D eigenvalue weighted by Gasteiger charge is 2.28. The van der Waals surface area contributed by atoms with Crippen LogP contribution in [-0.4, -0.2) is 38.8 Å². The Morgan fingerprint density at radius 3 is 2.92 bits per heavy atom. The van der Waals surface area contributed by atoms with E-state index in [2.05, 4.69) is 15.7 Å². The summed E-state index contributed by atoms with van der Waals surface area (Å²) in [5.41, 5.74) is -0.0625. The van der Waals surface area contributed by atoms with Gasteiger partial charge < -0.3 is 15.7 Å². The second-order valence-corrected chi connectivity index (χ2v) is 5.73. The highest BCUT2D eigenvalue weighted by atomic mass is 19.1. The van der Waals surface area contributed by atoms with Gasteiger partial charge in [-0.3, -0.25) is 9.59 Å². The number of piperidine rings is 1. The van der Waals surface area contributed by atoms with Gasteiger partial charge in [0.25, 0.3) is 5.91 Å². The van der Waals surface area contributed by atoms with Crippen LogP contribution in [0.4, 0.5) is 4.39 Å². The molecule has 3 N–H and O–H groups in total. The zero-order chi connectivity index (χ0) is 17.3. The van der Waals surface area contributed by atoms with Crippen LogP contribution in [0.5, 0.6) is 5.75 Å². The van der Waals surface area contributed by atoms with Gasteiger partial charge in [0.15, 0.2) is 11.4 Å². The summed E-state index contributed by atoms with van der Waals surface area (Å²) >= 11 is 0. The normalized spacial score (nSPS) is 20.5. The van der Waals surface area contributed by atoms with E-state index >= 15 is 0 Å². The molecule has 8 heteroatoms. The Bertz CT molecular complexity index is 789. The van der Waals surface area contributed by atoms with Gasteiger partial charge in [-0.1, -0.05) is 12.1 Å². The van der Waals surface area contributed by atoms with Crippen molar-refractivity contribution in [1.29, 1.82) is 0 Å². The fourth-order valence-electron chi connectivity index (χ4n) is 2.68. The number of aromatic hydroxyl groups is 1. The third-order valence-corrected chi connectivity index (χ3v) is 4.00. The van der Waals surface area contributed by atoms with Crippen molar-refractivity contribution in [2.24, 2.45) is 0 Å². The molecule has 1 saturated heterocycles. The SMILES string of the molecule is CC1NC(=O)CCC1NC(=O)c1nn(-c2ccccc2F)cc1O. The Labute approximate surface area is 137 Å². The van der Waals surface area contributed by atoms with Crippen molar-refractivity contribution in [3.8, 4) is 11.4 Å². The fraction of sp³-hybridized carbons (Fsp3) is 0.312. The predicted octanol–water partition coefficient (Wildman–Crippen LogP) is 1.11. The molecule has 1 aromatic heterocycles. The van der Waals surface area contributed by atoms with Crippen molar-refractivity contribution in [1.82, 2.24) is 20.4 Å². The second kappa shape index (κ2) is 6.31. The topological polar surface area (TPSA) is 96.3 Å². The highest BCUT2D eigenvalue weighted by Crippen LogP contribution is 2.20. The van der Waals surface area contributed by atoms with Gasteiger partial charge in [-0.15, -0.1) is 0 Å². The van der Waals surface area contributed by atoms with Gasteiger partial charge in [0.05, 0.1) is 6.20 Å². The summed E-state index contributed by atoms with van der Waals surface area (Å²) in [6.45, 7) is 1.79. The van der Waals surface area contributed by atoms with Crippen molar-refractivity contribution in [2.75, 3.05) is 0 Å². The molecule has 0 spiro atoms. The summed E-state index contributed by atoms with van der Waals surface area (Å²) in [6, 6.07) is 5.44. The van der Waals surface area contributed by atoms with Crippen LogP contribution in [0.25, 0.3) is 5.69 Å². The van der Waals surface area contributed by atoms with Crippen molar-refractivity contribution in [3.63, 3.8) is 0 Å². The minimum absolute atomic E-state index is 0.0559. The average molecular weight is 332 g/mol. The van der Waals surface area contributed by atoms with E-state index in [9.17, 15) is 19.1 Å². The number of halogens is 1. The number of hydrogen-bond donors (Lipinski definition) is 3. The fourth-order valence-corrected chi connectivity index (χ4v) is 2.68. The Morgan fingerprint density at radius 2 is 2.21 bits per heavy atom. The lowest BCUT2D eigenvalue weighted by Gasteiger charge is -2.29. The molecule has 2 heterocycles. The van der Waals surface area contributed by atoms with E-state index in [0.29, 0.717) is 12.8 Å². The first kappa shape index (κ1) is 16.0. The number of para-hydroxylation sites is 1. The quantitative estimate of drug-likeness (QED) is 0.784. The number of carbonyl (C=O) groups excluding carboxylic acids is 2. The minimum atomic E-state index is -0.574. The first-order valence-electron chi connectivity index (χ1n) is 7.59. The molecule has 1 fully saturated rings. The third kappa shape index (κ3) is 3.08. The number of nitrogens with one attached hydrogen (secondary N) is 2. The van der Waals surface area contributed by atoms with Crippen LogP contribution >= 0.6 is 0 Å². The van der Waals surface area contributed by atoms with Crippen LogP contribution in [-0.2, 0) is 4.79 Å². The molecule has 2 aromatic rings. The molecule has 0 saturated carbocycles. The Kier molecular flexibility index (Phi) is 4.20. The van der Waals surface area contributed by atoms with E-state index in [1.807, 2.05) is 0 Å². The number of hydrogen-bond acceptors (Lipinski definition) is 4. The zero-order valence-electron chi connectivity index (χ0n) is 13.0. The van der Waals surface area contributed by atoms with Gasteiger partial charge in [0, 0.05) is 18.5 Å². The summed E-state index contributed by atoms with van der Waals surface area (Å²) in [4.78, 5) is 23.6. The van der Waals surface area contributed by atoms with Crippen molar-refractivity contribution in [2.45, 2.75) is 31.8 Å². The standard InChI is InChI=1S/C16H17FN4O3/c1-9-11(6-7-14(23)18-9)19-16(24)15-13(22)8-21(20-15)12-5-3-2-4-10(12)17/h2-5,8-9,11,22H,6-7H2,1H3,(H,18,23)(H,19,24). The molecule has 126 valence electrons. The molecule has 1 aliphatic heterocycles. The lowest BCUT2D eigenvalue weighted by Crippen LogP contribution is -2.54. The molecule has 2 atom stereocenters. The zero-order valence-corrected chi connectivity index (χ0v) is 13.0. The third-order valence-electron chi connectivity index (χ3n) is 4.00. The Hall–Kier alpha value is -2.90. The molecule has 2 amide bonds. The van der Waals surface area contributed by atoms with Crippen LogP contribution in [0, 0.1) is 5.82 Å². The van der Waals surface area contributed by atoms with Gasteiger partial charge in [0.2, 0.25) is 5.91 Å². The molecule has 1 aliphatic rings. The van der Waals surface area contributed by atoms with Crippen molar-refractivity contribution < 1.29 is 19.1 Å². The van der Waals surface area contributed by atoms with Gasteiger partial charge in [-0.05, 0) is 25.5 Å². The number of carbonyl (C=O) groups is 2. The van der Waals surface area contributed by atoms with Gasteiger partial charge in [-0.25, -0.2) is 9.07 Å². The summed E-state index contributed by atoms with van der Waals surface area (Å²) in [6.07, 6.45) is 2.01. The second-order valence-electron chi connectivity index (χ2n) is 5.73. The molecule has 0 bridgehead atoms. The maximum absolute atomic E-state index is 13.8. The molecule has 24 heavy (non-hydrogen) atoms. The van der Waals surface area contributed by atoms with Gasteiger partial charge in [-0.2, -0.15) is 5.10 Å². The molecule has 7 nitrogen and oxygen atoms in total. The van der Waals surface area contributed by atoms with Crippen LogP contribution < -0.4 is 10.6 Å². The Morgan fingerprint density at radius 1 is 1.46 bits per heavy atom. The Balaban J connectivity index is 1.79. The van der Waals surface area contributed by atoms with E-state index in [1.54, 1.807) is 13.0 Å². The van der Waals surface area contributed by atoms with Crippen LogP contribution in [0.2, 0.25) is 0 Å². The predicted molar refractivity (Wildman–Crippen MR) is 83.3 cm³/mol. The van der Waals surface area contributed by atoms with Gasteiger partial charge >= 0.3 is 0 Å². The smallest absolute Gasteiger partial charge is 0.275 e. The van der Waals surface area contributed by atoms with Crippen LogP contribution in [0.1, 0.15) is 30.3 Å². The number of rotatable bonds is 3. The summed E-state index contributed by atoms with van der Waals surface area (Å²) in [7, 11) is 0. The number of nitrogens with zero attached hydrogens (tertiary/aromatic N) is 2. The summed E-state index contributed by atoms with van der Waals surface area (Å²) in [5.74, 6) is -1.49. The molecular weight excluding hydrogens is 315 g/mol. The molecule has 0 radical (unpaired) electrons. The molecular formula is C16H17FN4O3. The average Bonchev–Trinajstić information content (AvgIpc) is 2.92. The molecule has 3 rings (SSSR count). The van der Waals surface area contributed by atoms with E-state index < -0.39 is 11.7 Å². The molecule has 0 aliphatic carbocycles. The van der Waals surface area contributed by atoms with Gasteiger partial charge in [0.1, 0.15) is 11.5 Å². The largest absolute Gasteiger partial charge is 0.504 e. The van der Waals surface area contributed by atoms with E-state index in [1.165, 1.54) is 24.4 Å². The lowest BCUT2D eigenvalue weighted by molar-refractivity contribution is -0.123. The van der Waals surface area contributed by atoms with Crippen LogP contribution in [0.15, 0.2) is 30.5 Å². The maximum atomic E-state index is 13.8. The van der Waals surface area contributed by atoms with E-state index in [-0.39, 0.29) is 35.1 Å². The molecule has 1 aromatic carbocycles. The number of aromatic nitrogens is 2. The first-order chi connectivity index (χ1) is 11.5. The number of amides is 2. The summed E-state index contributed by atoms with van der Waals surface area (Å²) < 4.78 is 14.9. The van der Waals surface area contributed by atoms with Crippen LogP contribution in [0.3, 0.4) is 0 Å². The maximum Gasteiger partial charge on any atom is 0.275 e. The van der Waals surface area contributed by atoms with E-state index in [4.69, 9.17) is 0 Å². The highest BCUT2D eigenvalue weighted by molar-refractivity contribution is 5.95. The first-order valence-corrected chi connectivity index (χ1v) is 7.59. The van der Waals surface area contributed by atoms with Crippen molar-refractivity contribution in [3.05, 3.63) is 42.0 Å². The monoisotopic (exact) mass is 332 g/mol. The minimum Gasteiger partial charge on any atom is -0.504 e. The summed E-state index contributed by atoms with van der Waals surface area (Å²) in [5, 5.41) is 19.4.